The molecule has 0 fully saturated rings. The zero-order chi connectivity index (χ0) is 15.1. The third-order valence-electron chi connectivity index (χ3n) is 3.46. The summed E-state index contributed by atoms with van der Waals surface area (Å²) >= 11 is 6.10. The van der Waals surface area contributed by atoms with Crippen LogP contribution in [0.15, 0.2) is 12.3 Å². The summed E-state index contributed by atoms with van der Waals surface area (Å²) in [6.07, 6.45) is 4.59. The van der Waals surface area contributed by atoms with Gasteiger partial charge < -0.3 is 10.2 Å². The van der Waals surface area contributed by atoms with Crippen LogP contribution in [0.3, 0.4) is 0 Å². The van der Waals surface area contributed by atoms with Crippen molar-refractivity contribution >= 4 is 23.3 Å². The molecule has 1 aromatic heterocycles. The Kier molecular flexibility index (Phi) is 6.79. The lowest BCUT2D eigenvalue weighted by Gasteiger charge is -2.28. The number of rotatable bonds is 7. The molecule has 4 nitrogen and oxygen atoms in total. The molecule has 1 atom stereocenters. The fraction of sp³-hybridized carbons (Fsp3) is 0.600. The van der Waals surface area contributed by atoms with Crippen molar-refractivity contribution in [2.24, 2.45) is 0 Å². The minimum atomic E-state index is 0.00449. The van der Waals surface area contributed by atoms with E-state index < -0.39 is 0 Å². The number of carbonyl (C=O) groups is 1. The molecular weight excluding hydrogens is 274 g/mol. The number of aromatic nitrogens is 1. The maximum Gasteiger partial charge on any atom is 0.255 e. The van der Waals surface area contributed by atoms with Crippen LogP contribution in [-0.4, -0.2) is 35.4 Å². The van der Waals surface area contributed by atoms with Gasteiger partial charge in [-0.3, -0.25) is 4.79 Å². The van der Waals surface area contributed by atoms with E-state index in [4.69, 9.17) is 11.6 Å². The van der Waals surface area contributed by atoms with E-state index in [2.05, 4.69) is 31.1 Å². The molecule has 0 aromatic carbocycles. The van der Waals surface area contributed by atoms with Gasteiger partial charge in [0.2, 0.25) is 0 Å². The van der Waals surface area contributed by atoms with E-state index in [9.17, 15) is 4.79 Å². The minimum Gasteiger partial charge on any atom is -0.372 e. The Morgan fingerprint density at radius 2 is 2.20 bits per heavy atom. The Labute approximate surface area is 126 Å². The summed E-state index contributed by atoms with van der Waals surface area (Å²) in [7, 11) is 1.75. The highest BCUT2D eigenvalue weighted by molar-refractivity contribution is 6.33. The molecule has 0 bridgehead atoms. The van der Waals surface area contributed by atoms with E-state index in [0.717, 1.165) is 25.8 Å². The molecule has 0 radical (unpaired) electrons. The molecule has 20 heavy (non-hydrogen) atoms. The van der Waals surface area contributed by atoms with E-state index in [0.29, 0.717) is 16.4 Å². The van der Waals surface area contributed by atoms with E-state index in [1.165, 1.54) is 0 Å². The number of unbranched alkanes of at least 4 members (excludes halogenated alkanes) is 1. The van der Waals surface area contributed by atoms with Gasteiger partial charge >= 0.3 is 0 Å². The fourth-order valence-corrected chi connectivity index (χ4v) is 2.24. The van der Waals surface area contributed by atoms with E-state index in [-0.39, 0.29) is 11.9 Å². The normalized spacial score (nSPS) is 12.1. The number of nitrogens with one attached hydrogen (secondary N) is 1. The monoisotopic (exact) mass is 297 g/mol. The molecule has 0 saturated carbocycles. The van der Waals surface area contributed by atoms with E-state index in [1.54, 1.807) is 19.3 Å². The Hall–Kier alpha value is -1.29. The summed E-state index contributed by atoms with van der Waals surface area (Å²) in [4.78, 5) is 18.7. The van der Waals surface area contributed by atoms with Crippen molar-refractivity contribution in [3.05, 3.63) is 22.8 Å². The number of hydrogen-bond acceptors (Lipinski definition) is 3. The van der Waals surface area contributed by atoms with Gasteiger partial charge in [0.1, 0.15) is 5.82 Å². The van der Waals surface area contributed by atoms with Crippen molar-refractivity contribution in [1.82, 2.24) is 9.88 Å². The van der Waals surface area contributed by atoms with Gasteiger partial charge in [-0.2, -0.15) is 0 Å². The van der Waals surface area contributed by atoms with Gasteiger partial charge in [0.05, 0.1) is 10.6 Å². The van der Waals surface area contributed by atoms with Crippen molar-refractivity contribution in [1.29, 1.82) is 0 Å². The first kappa shape index (κ1) is 16.8. The van der Waals surface area contributed by atoms with Crippen LogP contribution in [0.5, 0.6) is 0 Å². The van der Waals surface area contributed by atoms with Gasteiger partial charge in [-0.25, -0.2) is 4.98 Å². The average molecular weight is 298 g/mol. The molecule has 5 heteroatoms. The molecule has 112 valence electrons. The van der Waals surface area contributed by atoms with E-state index in [1.807, 2.05) is 4.90 Å². The second-order valence-corrected chi connectivity index (χ2v) is 5.32. The smallest absolute Gasteiger partial charge is 0.255 e. The van der Waals surface area contributed by atoms with Gasteiger partial charge in [0.25, 0.3) is 5.91 Å². The lowest BCUT2D eigenvalue weighted by molar-refractivity contribution is 0.0685. The molecule has 1 heterocycles. The molecule has 0 aliphatic rings. The number of amides is 1. The van der Waals surface area contributed by atoms with E-state index >= 15 is 0 Å². The summed E-state index contributed by atoms with van der Waals surface area (Å²) in [5.41, 5.74) is 0.547. The maximum absolute atomic E-state index is 12.6. The standard InChI is InChI=1S/C15H24ClN3O/c1-5-7-8-19(11(3)6-2)15(20)12-9-13(16)14(17-4)18-10-12/h9-11H,5-8H2,1-4H3,(H,17,18). The second kappa shape index (κ2) is 8.10. The number of pyridine rings is 1. The molecular formula is C15H24ClN3O. The highest BCUT2D eigenvalue weighted by Gasteiger charge is 2.21. The molecule has 0 aliphatic carbocycles. The molecule has 1 aromatic rings. The first-order valence-electron chi connectivity index (χ1n) is 7.19. The quantitative estimate of drug-likeness (QED) is 0.832. The predicted octanol–water partition coefficient (Wildman–Crippen LogP) is 3.82. The molecule has 0 aliphatic heterocycles. The number of halogens is 1. The van der Waals surface area contributed by atoms with Crippen LogP contribution in [0, 0.1) is 0 Å². The lowest BCUT2D eigenvalue weighted by atomic mass is 10.1. The number of hydrogen-bond donors (Lipinski definition) is 1. The topological polar surface area (TPSA) is 45.2 Å². The molecule has 1 rings (SSSR count). The molecule has 1 unspecified atom stereocenters. The second-order valence-electron chi connectivity index (χ2n) is 4.91. The summed E-state index contributed by atoms with van der Waals surface area (Å²) in [5.74, 6) is 0.594. The first-order valence-corrected chi connectivity index (χ1v) is 7.57. The lowest BCUT2D eigenvalue weighted by Crippen LogP contribution is -2.39. The molecule has 1 N–H and O–H groups in total. The van der Waals surface area contributed by atoms with Crippen LogP contribution in [0.25, 0.3) is 0 Å². The van der Waals surface area contributed by atoms with Gasteiger partial charge in [-0.1, -0.05) is 31.9 Å². The molecule has 0 spiro atoms. The highest BCUT2D eigenvalue weighted by Crippen LogP contribution is 2.21. The van der Waals surface area contributed by atoms with Crippen molar-refractivity contribution in [3.8, 4) is 0 Å². The van der Waals surface area contributed by atoms with Gasteiger partial charge in [0, 0.05) is 25.8 Å². The number of carbonyl (C=O) groups excluding carboxylic acids is 1. The van der Waals surface area contributed by atoms with Crippen molar-refractivity contribution in [2.75, 3.05) is 18.9 Å². The first-order chi connectivity index (χ1) is 9.54. The molecule has 0 saturated heterocycles. The zero-order valence-electron chi connectivity index (χ0n) is 12.7. The van der Waals surface area contributed by atoms with Crippen LogP contribution < -0.4 is 5.32 Å². The third kappa shape index (κ3) is 4.10. The van der Waals surface area contributed by atoms with Gasteiger partial charge in [0.15, 0.2) is 0 Å². The van der Waals surface area contributed by atoms with Crippen LogP contribution in [-0.2, 0) is 0 Å². The Morgan fingerprint density at radius 3 is 2.70 bits per heavy atom. The van der Waals surface area contributed by atoms with Crippen LogP contribution >= 0.6 is 11.6 Å². The van der Waals surface area contributed by atoms with Crippen LogP contribution in [0.1, 0.15) is 50.4 Å². The van der Waals surface area contributed by atoms with Gasteiger partial charge in [-0.05, 0) is 25.8 Å². The van der Waals surface area contributed by atoms with Crippen LogP contribution in [0.2, 0.25) is 5.02 Å². The fourth-order valence-electron chi connectivity index (χ4n) is 1.98. The zero-order valence-corrected chi connectivity index (χ0v) is 13.5. The predicted molar refractivity (Wildman–Crippen MR) is 84.5 cm³/mol. The average Bonchev–Trinajstić information content (AvgIpc) is 2.46. The Morgan fingerprint density at radius 1 is 1.50 bits per heavy atom. The van der Waals surface area contributed by atoms with Crippen molar-refractivity contribution < 1.29 is 4.79 Å². The minimum absolute atomic E-state index is 0.00449. The SMILES string of the molecule is CCCCN(C(=O)c1cnc(NC)c(Cl)c1)C(C)CC. The number of nitrogens with zero attached hydrogens (tertiary/aromatic N) is 2. The third-order valence-corrected chi connectivity index (χ3v) is 3.75. The highest BCUT2D eigenvalue weighted by atomic mass is 35.5. The largest absolute Gasteiger partial charge is 0.372 e. The van der Waals surface area contributed by atoms with Crippen LogP contribution in [0.4, 0.5) is 5.82 Å². The van der Waals surface area contributed by atoms with Crippen molar-refractivity contribution in [2.45, 2.75) is 46.1 Å². The number of anilines is 1. The van der Waals surface area contributed by atoms with Crippen molar-refractivity contribution in [3.63, 3.8) is 0 Å². The summed E-state index contributed by atoms with van der Waals surface area (Å²) in [6, 6.07) is 1.90. The maximum atomic E-state index is 12.6. The summed E-state index contributed by atoms with van der Waals surface area (Å²) < 4.78 is 0. The Balaban J connectivity index is 2.96. The Bertz CT molecular complexity index is 451. The molecule has 1 amide bonds. The summed E-state index contributed by atoms with van der Waals surface area (Å²) in [6.45, 7) is 7.06. The summed E-state index contributed by atoms with van der Waals surface area (Å²) in [5, 5.41) is 3.36. The van der Waals surface area contributed by atoms with Gasteiger partial charge in [-0.15, -0.1) is 0 Å².